The Morgan fingerprint density at radius 3 is 2.19 bits per heavy atom. The fraction of sp³-hybridized carbons (Fsp3) is 0.0800. The highest BCUT2D eigenvalue weighted by molar-refractivity contribution is 9.10. The van der Waals surface area contributed by atoms with Crippen molar-refractivity contribution in [3.05, 3.63) is 105 Å². The Bertz CT molecular complexity index is 1260. The Morgan fingerprint density at radius 2 is 1.56 bits per heavy atom. The number of amides is 1. The van der Waals surface area contributed by atoms with E-state index in [1.165, 1.54) is 23.1 Å². The molecule has 32 heavy (non-hydrogen) atoms. The van der Waals surface area contributed by atoms with Crippen molar-refractivity contribution in [2.45, 2.75) is 13.0 Å². The summed E-state index contributed by atoms with van der Waals surface area (Å²) in [4.78, 5) is 38.9. The van der Waals surface area contributed by atoms with Gasteiger partial charge in [0.15, 0.2) is 0 Å². The smallest absolute Gasteiger partial charge is 0.335 e. The zero-order valence-electron chi connectivity index (χ0n) is 16.9. The van der Waals surface area contributed by atoms with Crippen LogP contribution in [0.2, 0.25) is 0 Å². The molecule has 1 saturated heterocycles. The number of aromatic carboxylic acids is 1. The maximum atomic E-state index is 13.1. The van der Waals surface area contributed by atoms with Crippen LogP contribution < -0.4 is 4.90 Å². The van der Waals surface area contributed by atoms with E-state index in [4.69, 9.17) is 0 Å². The number of carboxylic acids is 1. The van der Waals surface area contributed by atoms with Crippen LogP contribution in [0.15, 0.2) is 82.8 Å². The molecule has 1 fully saturated rings. The van der Waals surface area contributed by atoms with Crippen LogP contribution in [-0.4, -0.2) is 27.9 Å². The standard InChI is InChI=1S/C25H18BrNO5/c1-14-5-7-16(8-6-14)22(28)20-21(15-9-11-18(26)12-10-15)27(24(30)23(20)29)19-4-2-3-17(13-19)25(31)32/h2-13,21,28H,1H3,(H,31,32)/b22-20+/t21-/m0/s1. The first-order valence-electron chi connectivity index (χ1n) is 9.75. The molecule has 160 valence electrons. The van der Waals surface area contributed by atoms with Gasteiger partial charge in [0.1, 0.15) is 5.76 Å². The molecular weight excluding hydrogens is 474 g/mol. The average Bonchev–Trinajstić information content (AvgIpc) is 3.05. The number of hydrogen-bond acceptors (Lipinski definition) is 4. The van der Waals surface area contributed by atoms with Crippen LogP contribution in [0, 0.1) is 6.92 Å². The molecule has 1 heterocycles. The number of nitrogens with zero attached hydrogens (tertiary/aromatic N) is 1. The van der Waals surface area contributed by atoms with E-state index in [0.29, 0.717) is 11.1 Å². The number of ketones is 1. The van der Waals surface area contributed by atoms with Crippen LogP contribution in [0.3, 0.4) is 0 Å². The normalized spacial score (nSPS) is 17.6. The van der Waals surface area contributed by atoms with Crippen molar-refractivity contribution in [2.24, 2.45) is 0 Å². The van der Waals surface area contributed by atoms with Crippen LogP contribution in [0.5, 0.6) is 0 Å². The van der Waals surface area contributed by atoms with Crippen LogP contribution >= 0.6 is 15.9 Å². The van der Waals surface area contributed by atoms with Crippen LogP contribution in [0.4, 0.5) is 5.69 Å². The van der Waals surface area contributed by atoms with Crippen molar-refractivity contribution in [1.29, 1.82) is 0 Å². The molecule has 4 rings (SSSR count). The molecule has 1 atom stereocenters. The summed E-state index contributed by atoms with van der Waals surface area (Å²) in [5.74, 6) is -3.11. The number of Topliss-reactive ketones (excluding diaryl/α,β-unsaturated/α-hetero) is 1. The minimum Gasteiger partial charge on any atom is -0.507 e. The highest BCUT2D eigenvalue weighted by atomic mass is 79.9. The van der Waals surface area contributed by atoms with Gasteiger partial charge in [-0.25, -0.2) is 4.79 Å². The van der Waals surface area contributed by atoms with E-state index in [2.05, 4.69) is 15.9 Å². The number of carboxylic acid groups (broad SMARTS) is 1. The molecule has 0 spiro atoms. The molecule has 2 N–H and O–H groups in total. The average molecular weight is 492 g/mol. The third kappa shape index (κ3) is 3.83. The van der Waals surface area contributed by atoms with Gasteiger partial charge in [0.25, 0.3) is 11.7 Å². The van der Waals surface area contributed by atoms with Crippen molar-refractivity contribution in [1.82, 2.24) is 0 Å². The van der Waals surface area contributed by atoms with E-state index < -0.39 is 23.7 Å². The molecule has 6 nitrogen and oxygen atoms in total. The van der Waals surface area contributed by atoms with Gasteiger partial charge in [-0.05, 0) is 42.8 Å². The zero-order valence-corrected chi connectivity index (χ0v) is 18.5. The zero-order chi connectivity index (χ0) is 23.0. The van der Waals surface area contributed by atoms with Crippen LogP contribution in [-0.2, 0) is 9.59 Å². The Hall–Kier alpha value is -3.71. The first kappa shape index (κ1) is 21.5. The van der Waals surface area contributed by atoms with Crippen molar-refractivity contribution >= 4 is 45.0 Å². The predicted molar refractivity (Wildman–Crippen MR) is 124 cm³/mol. The number of halogens is 1. The van der Waals surface area contributed by atoms with Crippen molar-refractivity contribution in [2.75, 3.05) is 4.90 Å². The van der Waals surface area contributed by atoms with E-state index in [0.717, 1.165) is 10.0 Å². The second-order valence-electron chi connectivity index (χ2n) is 7.44. The number of rotatable bonds is 4. The highest BCUT2D eigenvalue weighted by Crippen LogP contribution is 2.42. The van der Waals surface area contributed by atoms with E-state index >= 15 is 0 Å². The quantitative estimate of drug-likeness (QED) is 0.301. The fourth-order valence-corrected chi connectivity index (χ4v) is 3.98. The molecule has 7 heteroatoms. The van der Waals surface area contributed by atoms with Crippen LogP contribution in [0.1, 0.15) is 33.1 Å². The molecule has 3 aromatic carbocycles. The maximum absolute atomic E-state index is 13.1. The third-order valence-electron chi connectivity index (χ3n) is 5.33. The minimum atomic E-state index is -1.15. The Balaban J connectivity index is 1.94. The maximum Gasteiger partial charge on any atom is 0.335 e. The van der Waals surface area contributed by atoms with E-state index in [9.17, 15) is 24.6 Å². The number of benzene rings is 3. The number of aliphatic hydroxyl groups is 1. The molecule has 0 aromatic heterocycles. The lowest BCUT2D eigenvalue weighted by molar-refractivity contribution is -0.132. The van der Waals surface area contributed by atoms with E-state index in [-0.39, 0.29) is 22.6 Å². The summed E-state index contributed by atoms with van der Waals surface area (Å²) in [6.45, 7) is 1.90. The summed E-state index contributed by atoms with van der Waals surface area (Å²) >= 11 is 3.38. The summed E-state index contributed by atoms with van der Waals surface area (Å²) in [5, 5.41) is 20.4. The Labute approximate surface area is 192 Å². The lowest BCUT2D eigenvalue weighted by Crippen LogP contribution is -2.29. The molecule has 0 bridgehead atoms. The molecule has 1 aliphatic rings. The highest BCUT2D eigenvalue weighted by Gasteiger charge is 2.47. The Kier molecular flexibility index (Phi) is 5.67. The lowest BCUT2D eigenvalue weighted by Gasteiger charge is -2.25. The van der Waals surface area contributed by atoms with Crippen LogP contribution in [0.25, 0.3) is 5.76 Å². The summed E-state index contributed by atoms with van der Waals surface area (Å²) in [6, 6.07) is 18.9. The fourth-order valence-electron chi connectivity index (χ4n) is 3.72. The first-order valence-corrected chi connectivity index (χ1v) is 10.5. The first-order chi connectivity index (χ1) is 15.3. The van der Waals surface area contributed by atoms with Crippen molar-refractivity contribution in [3.8, 4) is 0 Å². The molecular formula is C25H18BrNO5. The number of anilines is 1. The van der Waals surface area contributed by atoms with Gasteiger partial charge in [0.2, 0.25) is 0 Å². The van der Waals surface area contributed by atoms with Gasteiger partial charge < -0.3 is 10.2 Å². The molecule has 0 radical (unpaired) electrons. The predicted octanol–water partition coefficient (Wildman–Crippen LogP) is 5.08. The summed E-state index contributed by atoms with van der Waals surface area (Å²) in [5.41, 5.74) is 2.18. The van der Waals surface area contributed by atoms with Crippen molar-refractivity contribution < 1.29 is 24.6 Å². The molecule has 1 amide bonds. The van der Waals surface area contributed by atoms with Gasteiger partial charge in [0.05, 0.1) is 17.2 Å². The molecule has 0 saturated carbocycles. The number of carbonyl (C=O) groups is 3. The van der Waals surface area contributed by atoms with Gasteiger partial charge in [-0.2, -0.15) is 0 Å². The summed E-state index contributed by atoms with van der Waals surface area (Å²) < 4.78 is 0.810. The second-order valence-corrected chi connectivity index (χ2v) is 8.36. The lowest BCUT2D eigenvalue weighted by atomic mass is 9.95. The topological polar surface area (TPSA) is 94.9 Å². The third-order valence-corrected chi connectivity index (χ3v) is 5.86. The minimum absolute atomic E-state index is 0.0162. The van der Waals surface area contributed by atoms with Gasteiger partial charge in [0, 0.05) is 15.7 Å². The second kappa shape index (κ2) is 8.43. The van der Waals surface area contributed by atoms with E-state index in [1.807, 2.05) is 6.92 Å². The number of aryl methyl sites for hydroxylation is 1. The number of hydrogen-bond donors (Lipinski definition) is 2. The van der Waals surface area contributed by atoms with Crippen molar-refractivity contribution in [3.63, 3.8) is 0 Å². The van der Waals surface area contributed by atoms with E-state index in [1.54, 1.807) is 54.6 Å². The monoisotopic (exact) mass is 491 g/mol. The van der Waals surface area contributed by atoms with Gasteiger partial charge in [-0.15, -0.1) is 0 Å². The molecule has 0 unspecified atom stereocenters. The molecule has 0 aliphatic carbocycles. The molecule has 3 aromatic rings. The molecule has 1 aliphatic heterocycles. The SMILES string of the molecule is Cc1ccc(/C(O)=C2\C(=O)C(=O)N(c3cccc(C(=O)O)c3)[C@H]2c2ccc(Br)cc2)cc1. The van der Waals surface area contributed by atoms with Gasteiger partial charge in [-0.3, -0.25) is 14.5 Å². The van der Waals surface area contributed by atoms with Gasteiger partial charge >= 0.3 is 5.97 Å². The Morgan fingerprint density at radius 1 is 0.906 bits per heavy atom. The summed E-state index contributed by atoms with van der Waals surface area (Å²) in [6.07, 6.45) is 0. The largest absolute Gasteiger partial charge is 0.507 e. The number of carbonyl (C=O) groups excluding carboxylic acids is 2. The van der Waals surface area contributed by atoms with Gasteiger partial charge in [-0.1, -0.05) is 64.0 Å². The number of aliphatic hydroxyl groups excluding tert-OH is 1. The summed E-state index contributed by atoms with van der Waals surface area (Å²) in [7, 11) is 0.